The number of halogens is 1. The summed E-state index contributed by atoms with van der Waals surface area (Å²) in [4.78, 5) is 6.09. The van der Waals surface area contributed by atoms with Gasteiger partial charge in [0.25, 0.3) is 0 Å². The molecule has 0 aliphatic rings. The van der Waals surface area contributed by atoms with Crippen molar-refractivity contribution in [2.45, 2.75) is 19.5 Å². The molecule has 0 spiro atoms. The van der Waals surface area contributed by atoms with Crippen LogP contribution in [0.15, 0.2) is 29.1 Å². The standard InChI is InChI=1S/C14H18FN3S/c1-10(16-2)11-4-5-14(13(15)6-11)18(3)7-12-8-19-9-17-12/h4-6,8-10,16H,7H2,1-3H3. The van der Waals surface area contributed by atoms with Crippen LogP contribution in [-0.4, -0.2) is 19.1 Å². The topological polar surface area (TPSA) is 28.2 Å². The van der Waals surface area contributed by atoms with Crippen molar-refractivity contribution in [3.05, 3.63) is 46.2 Å². The van der Waals surface area contributed by atoms with Crippen LogP contribution in [0.4, 0.5) is 10.1 Å². The third-order valence-electron chi connectivity index (χ3n) is 3.20. The van der Waals surface area contributed by atoms with E-state index >= 15 is 0 Å². The Morgan fingerprint density at radius 2 is 2.26 bits per heavy atom. The van der Waals surface area contributed by atoms with E-state index in [1.165, 1.54) is 0 Å². The first-order valence-electron chi connectivity index (χ1n) is 6.16. The summed E-state index contributed by atoms with van der Waals surface area (Å²) in [6.07, 6.45) is 0. The van der Waals surface area contributed by atoms with Crippen LogP contribution in [0, 0.1) is 5.82 Å². The molecule has 0 saturated heterocycles. The summed E-state index contributed by atoms with van der Waals surface area (Å²) in [5.41, 5.74) is 4.29. The predicted molar refractivity (Wildman–Crippen MR) is 78.1 cm³/mol. The van der Waals surface area contributed by atoms with Crippen LogP contribution in [0.5, 0.6) is 0 Å². The van der Waals surface area contributed by atoms with Crippen LogP contribution < -0.4 is 10.2 Å². The third kappa shape index (κ3) is 3.30. The van der Waals surface area contributed by atoms with E-state index in [2.05, 4.69) is 10.3 Å². The number of nitrogens with one attached hydrogen (secondary N) is 1. The van der Waals surface area contributed by atoms with Crippen molar-refractivity contribution >= 4 is 17.0 Å². The van der Waals surface area contributed by atoms with Crippen molar-refractivity contribution in [1.29, 1.82) is 0 Å². The molecule has 1 aromatic carbocycles. The number of benzene rings is 1. The van der Waals surface area contributed by atoms with Crippen LogP contribution in [0.1, 0.15) is 24.2 Å². The Hall–Kier alpha value is -1.46. The van der Waals surface area contributed by atoms with Crippen molar-refractivity contribution in [3.8, 4) is 0 Å². The fourth-order valence-electron chi connectivity index (χ4n) is 1.91. The lowest BCUT2D eigenvalue weighted by atomic mass is 10.1. The molecular formula is C14H18FN3S. The van der Waals surface area contributed by atoms with E-state index in [0.717, 1.165) is 11.3 Å². The minimum atomic E-state index is -0.197. The fourth-order valence-corrected chi connectivity index (χ4v) is 2.46. The van der Waals surface area contributed by atoms with E-state index in [4.69, 9.17) is 0 Å². The molecule has 0 radical (unpaired) electrons. The van der Waals surface area contributed by atoms with Crippen LogP contribution >= 0.6 is 11.3 Å². The Bertz CT molecular complexity index is 527. The van der Waals surface area contributed by atoms with Crippen LogP contribution in [0.3, 0.4) is 0 Å². The molecule has 0 amide bonds. The van der Waals surface area contributed by atoms with E-state index < -0.39 is 0 Å². The number of thiazole rings is 1. The van der Waals surface area contributed by atoms with Gasteiger partial charge in [-0.05, 0) is 31.7 Å². The van der Waals surface area contributed by atoms with Crippen molar-refractivity contribution in [2.75, 3.05) is 19.0 Å². The number of hydrogen-bond donors (Lipinski definition) is 1. The lowest BCUT2D eigenvalue weighted by Gasteiger charge is -2.20. The second-order valence-electron chi connectivity index (χ2n) is 4.56. The van der Waals surface area contributed by atoms with E-state index in [1.807, 2.05) is 43.4 Å². The van der Waals surface area contributed by atoms with E-state index in [1.54, 1.807) is 22.9 Å². The van der Waals surface area contributed by atoms with Crippen molar-refractivity contribution in [3.63, 3.8) is 0 Å². The third-order valence-corrected chi connectivity index (χ3v) is 3.83. The van der Waals surface area contributed by atoms with Gasteiger partial charge in [-0.1, -0.05) is 6.07 Å². The van der Waals surface area contributed by atoms with E-state index in [0.29, 0.717) is 12.2 Å². The highest BCUT2D eigenvalue weighted by atomic mass is 32.1. The molecular weight excluding hydrogens is 261 g/mol. The zero-order valence-corrected chi connectivity index (χ0v) is 12.2. The first kappa shape index (κ1) is 14.0. The molecule has 0 aliphatic heterocycles. The van der Waals surface area contributed by atoms with Gasteiger partial charge in [0.1, 0.15) is 5.82 Å². The van der Waals surface area contributed by atoms with Crippen LogP contribution in [0.25, 0.3) is 0 Å². The Morgan fingerprint density at radius 1 is 1.47 bits per heavy atom. The molecule has 1 atom stereocenters. The van der Waals surface area contributed by atoms with Gasteiger partial charge in [-0.15, -0.1) is 11.3 Å². The molecule has 1 aromatic heterocycles. The first-order valence-corrected chi connectivity index (χ1v) is 7.11. The highest BCUT2D eigenvalue weighted by Gasteiger charge is 2.11. The summed E-state index contributed by atoms with van der Waals surface area (Å²) in [6.45, 7) is 2.62. The van der Waals surface area contributed by atoms with Gasteiger partial charge in [0.2, 0.25) is 0 Å². The predicted octanol–water partition coefficient (Wildman–Crippen LogP) is 3.20. The number of nitrogens with zero attached hydrogens (tertiary/aromatic N) is 2. The Labute approximate surface area is 117 Å². The zero-order valence-electron chi connectivity index (χ0n) is 11.4. The molecule has 3 nitrogen and oxygen atoms in total. The maximum atomic E-state index is 14.1. The lowest BCUT2D eigenvalue weighted by Crippen LogP contribution is -2.19. The maximum absolute atomic E-state index is 14.1. The molecule has 0 aliphatic carbocycles. The summed E-state index contributed by atoms with van der Waals surface area (Å²) in [5.74, 6) is -0.197. The van der Waals surface area contributed by atoms with Gasteiger partial charge in [0.05, 0.1) is 23.4 Å². The van der Waals surface area contributed by atoms with Crippen LogP contribution in [0.2, 0.25) is 0 Å². The minimum absolute atomic E-state index is 0.146. The summed E-state index contributed by atoms with van der Waals surface area (Å²) in [6, 6.07) is 5.52. The second kappa shape index (κ2) is 6.12. The lowest BCUT2D eigenvalue weighted by molar-refractivity contribution is 0.604. The molecule has 5 heteroatoms. The van der Waals surface area contributed by atoms with Gasteiger partial charge < -0.3 is 10.2 Å². The molecule has 1 unspecified atom stereocenters. The molecule has 2 aromatic rings. The van der Waals surface area contributed by atoms with Crippen molar-refractivity contribution in [1.82, 2.24) is 10.3 Å². The highest BCUT2D eigenvalue weighted by molar-refractivity contribution is 7.07. The Morgan fingerprint density at radius 3 is 2.84 bits per heavy atom. The second-order valence-corrected chi connectivity index (χ2v) is 5.28. The van der Waals surface area contributed by atoms with E-state index in [9.17, 15) is 4.39 Å². The van der Waals surface area contributed by atoms with Gasteiger partial charge in [-0.25, -0.2) is 9.37 Å². The molecule has 0 saturated carbocycles. The summed E-state index contributed by atoms with van der Waals surface area (Å²) in [7, 11) is 3.74. The van der Waals surface area contributed by atoms with Gasteiger partial charge in [-0.2, -0.15) is 0 Å². The van der Waals surface area contributed by atoms with Gasteiger partial charge in [0.15, 0.2) is 0 Å². The molecule has 19 heavy (non-hydrogen) atoms. The summed E-state index contributed by atoms with van der Waals surface area (Å²) < 4.78 is 14.1. The molecule has 0 fully saturated rings. The molecule has 1 N–H and O–H groups in total. The highest BCUT2D eigenvalue weighted by Crippen LogP contribution is 2.23. The van der Waals surface area contributed by atoms with E-state index in [-0.39, 0.29) is 11.9 Å². The number of anilines is 1. The zero-order chi connectivity index (χ0) is 13.8. The monoisotopic (exact) mass is 279 g/mol. The molecule has 102 valence electrons. The quantitative estimate of drug-likeness (QED) is 0.911. The normalized spacial score (nSPS) is 12.4. The minimum Gasteiger partial charge on any atom is -0.366 e. The fraction of sp³-hybridized carbons (Fsp3) is 0.357. The van der Waals surface area contributed by atoms with Gasteiger partial charge in [0, 0.05) is 18.5 Å². The Kier molecular flexibility index (Phi) is 4.50. The van der Waals surface area contributed by atoms with Gasteiger partial charge >= 0.3 is 0 Å². The number of rotatable bonds is 5. The smallest absolute Gasteiger partial charge is 0.146 e. The average Bonchev–Trinajstić information content (AvgIpc) is 2.90. The largest absolute Gasteiger partial charge is 0.366 e. The SMILES string of the molecule is CNC(C)c1ccc(N(C)Cc2cscn2)c(F)c1. The summed E-state index contributed by atoms with van der Waals surface area (Å²) >= 11 is 1.55. The first-order chi connectivity index (χ1) is 9.11. The Balaban J connectivity index is 2.16. The molecule has 0 bridgehead atoms. The summed E-state index contributed by atoms with van der Waals surface area (Å²) in [5, 5.41) is 5.08. The number of hydrogen-bond acceptors (Lipinski definition) is 4. The van der Waals surface area contributed by atoms with Gasteiger partial charge in [-0.3, -0.25) is 0 Å². The molecule has 1 heterocycles. The van der Waals surface area contributed by atoms with Crippen molar-refractivity contribution < 1.29 is 4.39 Å². The van der Waals surface area contributed by atoms with Crippen LogP contribution in [-0.2, 0) is 6.54 Å². The van der Waals surface area contributed by atoms with Crippen molar-refractivity contribution in [2.24, 2.45) is 0 Å². The average molecular weight is 279 g/mol. The molecule has 2 rings (SSSR count). The number of aromatic nitrogens is 1. The maximum Gasteiger partial charge on any atom is 0.146 e.